The topological polar surface area (TPSA) is 62.7 Å². The molecule has 3 rings (SSSR count). The third-order valence-electron chi connectivity index (χ3n) is 5.42. The summed E-state index contributed by atoms with van der Waals surface area (Å²) in [5, 5.41) is 9.62. The van der Waals surface area contributed by atoms with Crippen LogP contribution < -0.4 is 15.4 Å². The van der Waals surface area contributed by atoms with Gasteiger partial charge in [0.2, 0.25) is 0 Å². The highest BCUT2D eigenvalue weighted by Crippen LogP contribution is 2.23. The molecule has 3 atom stereocenters. The fourth-order valence-electron chi connectivity index (χ4n) is 3.83. The quantitative estimate of drug-likeness (QED) is 0.574. The van der Waals surface area contributed by atoms with Crippen LogP contribution >= 0.6 is 0 Å². The van der Waals surface area contributed by atoms with Crippen molar-refractivity contribution in [1.29, 1.82) is 0 Å². The Morgan fingerprint density at radius 2 is 2.00 bits per heavy atom. The van der Waals surface area contributed by atoms with Crippen molar-refractivity contribution >= 4 is 27.5 Å². The summed E-state index contributed by atoms with van der Waals surface area (Å²) in [7, 11) is 2.78. The average Bonchev–Trinajstić information content (AvgIpc) is 2.75. The second-order valence-corrected chi connectivity index (χ2v) is 9.28. The zero-order chi connectivity index (χ0) is 19.9. The lowest BCUT2D eigenvalue weighted by atomic mass is 9.95. The molecule has 28 heavy (non-hydrogen) atoms. The maximum Gasteiger partial charge on any atom is 0.191 e. The van der Waals surface area contributed by atoms with Gasteiger partial charge in [0, 0.05) is 41.4 Å². The van der Waals surface area contributed by atoms with E-state index < -0.39 is 10.8 Å². The van der Waals surface area contributed by atoms with Gasteiger partial charge in [0.25, 0.3) is 0 Å². The maximum absolute atomic E-state index is 12.2. The van der Waals surface area contributed by atoms with Gasteiger partial charge in [-0.05, 0) is 53.8 Å². The van der Waals surface area contributed by atoms with Crippen molar-refractivity contribution in [2.24, 2.45) is 4.99 Å². The summed E-state index contributed by atoms with van der Waals surface area (Å²) >= 11 is 0. The van der Waals surface area contributed by atoms with Crippen molar-refractivity contribution in [2.75, 3.05) is 19.9 Å². The lowest BCUT2D eigenvalue weighted by molar-refractivity contribution is 0.413. The molecule has 2 N–H and O–H groups in total. The fourth-order valence-corrected chi connectivity index (χ4v) is 5.18. The van der Waals surface area contributed by atoms with Gasteiger partial charge in [-0.25, -0.2) is 0 Å². The molecule has 0 aliphatic heterocycles. The van der Waals surface area contributed by atoms with Crippen LogP contribution in [-0.2, 0) is 17.3 Å². The lowest BCUT2D eigenvalue weighted by Gasteiger charge is -2.30. The molecule has 5 nitrogen and oxygen atoms in total. The van der Waals surface area contributed by atoms with Crippen LogP contribution in [0.15, 0.2) is 41.4 Å². The molecule has 1 fully saturated rings. The Morgan fingerprint density at radius 1 is 1.21 bits per heavy atom. The first kappa shape index (κ1) is 20.6. The van der Waals surface area contributed by atoms with Gasteiger partial charge < -0.3 is 15.4 Å². The monoisotopic (exact) mass is 401 g/mol. The molecule has 1 saturated carbocycles. The van der Waals surface area contributed by atoms with Gasteiger partial charge >= 0.3 is 0 Å². The Kier molecular flexibility index (Phi) is 7.31. The SMILES string of the molecule is CCS(=O)C1CCCC(NC(=NC)NCc2ccc3cc(OC)ccc3c2)C1. The van der Waals surface area contributed by atoms with Crippen LogP contribution in [0.25, 0.3) is 10.8 Å². The second-order valence-electron chi connectivity index (χ2n) is 7.27. The number of nitrogens with one attached hydrogen (secondary N) is 2. The summed E-state index contributed by atoms with van der Waals surface area (Å²) in [6.45, 7) is 2.71. The first-order chi connectivity index (χ1) is 13.6. The molecule has 0 bridgehead atoms. The van der Waals surface area contributed by atoms with Crippen molar-refractivity contribution in [2.45, 2.75) is 50.4 Å². The normalized spacial score (nSPS) is 21.3. The van der Waals surface area contributed by atoms with E-state index in [1.807, 2.05) is 19.1 Å². The van der Waals surface area contributed by atoms with E-state index in [-0.39, 0.29) is 0 Å². The summed E-state index contributed by atoms with van der Waals surface area (Å²) < 4.78 is 17.4. The van der Waals surface area contributed by atoms with Gasteiger partial charge in [-0.15, -0.1) is 0 Å². The molecular formula is C22H31N3O2S. The smallest absolute Gasteiger partial charge is 0.191 e. The largest absolute Gasteiger partial charge is 0.497 e. The fraction of sp³-hybridized carbons (Fsp3) is 0.500. The standard InChI is InChI=1S/C22H31N3O2S/c1-4-28(26)21-7-5-6-19(14-21)25-22(23-2)24-15-16-8-9-18-13-20(27-3)11-10-17(18)12-16/h8-13,19,21H,4-7,14-15H2,1-3H3,(H2,23,24,25). The molecular weight excluding hydrogens is 370 g/mol. The molecule has 0 heterocycles. The van der Waals surface area contributed by atoms with Gasteiger partial charge in [0.1, 0.15) is 5.75 Å². The Morgan fingerprint density at radius 3 is 2.75 bits per heavy atom. The number of rotatable bonds is 6. The number of fused-ring (bicyclic) bond motifs is 1. The Bertz CT molecular complexity index is 853. The number of methoxy groups -OCH3 is 1. The van der Waals surface area contributed by atoms with Gasteiger partial charge in [-0.3, -0.25) is 9.20 Å². The van der Waals surface area contributed by atoms with Crippen LogP contribution in [0.1, 0.15) is 38.2 Å². The van der Waals surface area contributed by atoms with Crippen molar-refractivity contribution in [3.05, 3.63) is 42.0 Å². The van der Waals surface area contributed by atoms with E-state index in [4.69, 9.17) is 4.74 Å². The minimum atomic E-state index is -0.710. The van der Waals surface area contributed by atoms with E-state index in [1.165, 1.54) is 16.3 Å². The highest BCUT2D eigenvalue weighted by atomic mass is 32.2. The zero-order valence-electron chi connectivity index (χ0n) is 17.0. The molecule has 0 radical (unpaired) electrons. The van der Waals surface area contributed by atoms with Crippen LogP contribution in [0.5, 0.6) is 5.75 Å². The van der Waals surface area contributed by atoms with Crippen LogP contribution in [0.2, 0.25) is 0 Å². The minimum absolute atomic E-state index is 0.312. The molecule has 0 spiro atoms. The average molecular weight is 402 g/mol. The summed E-state index contributed by atoms with van der Waals surface area (Å²) in [5.74, 6) is 2.43. The molecule has 152 valence electrons. The van der Waals surface area contributed by atoms with E-state index in [0.717, 1.165) is 43.1 Å². The van der Waals surface area contributed by atoms with E-state index in [2.05, 4.69) is 39.9 Å². The molecule has 0 saturated heterocycles. The predicted octanol–water partition coefficient (Wildman–Crippen LogP) is 3.59. The highest BCUT2D eigenvalue weighted by molar-refractivity contribution is 7.85. The maximum atomic E-state index is 12.2. The predicted molar refractivity (Wildman–Crippen MR) is 119 cm³/mol. The number of nitrogens with zero attached hydrogens (tertiary/aromatic N) is 1. The first-order valence-corrected chi connectivity index (χ1v) is 11.4. The first-order valence-electron chi connectivity index (χ1n) is 10.0. The lowest BCUT2D eigenvalue weighted by Crippen LogP contribution is -2.46. The van der Waals surface area contributed by atoms with E-state index in [0.29, 0.717) is 17.8 Å². The van der Waals surface area contributed by atoms with E-state index >= 15 is 0 Å². The number of hydrogen-bond acceptors (Lipinski definition) is 3. The molecule has 3 unspecified atom stereocenters. The number of ether oxygens (including phenoxy) is 1. The Balaban J connectivity index is 1.58. The van der Waals surface area contributed by atoms with Crippen LogP contribution in [0.3, 0.4) is 0 Å². The van der Waals surface area contributed by atoms with Gasteiger partial charge in [0.15, 0.2) is 5.96 Å². The number of guanidine groups is 1. The molecule has 2 aromatic carbocycles. The number of benzene rings is 2. The van der Waals surface area contributed by atoms with Crippen molar-refractivity contribution in [3.8, 4) is 5.75 Å². The molecule has 6 heteroatoms. The zero-order valence-corrected chi connectivity index (χ0v) is 17.8. The van der Waals surface area contributed by atoms with E-state index in [9.17, 15) is 4.21 Å². The number of aliphatic imine (C=N–C) groups is 1. The Labute approximate surface area is 170 Å². The molecule has 0 aromatic heterocycles. The highest BCUT2D eigenvalue weighted by Gasteiger charge is 2.25. The summed E-state index contributed by atoms with van der Waals surface area (Å²) in [4.78, 5) is 4.37. The van der Waals surface area contributed by atoms with Crippen molar-refractivity contribution in [3.63, 3.8) is 0 Å². The van der Waals surface area contributed by atoms with Gasteiger partial charge in [-0.1, -0.05) is 31.5 Å². The molecule has 1 aliphatic rings. The van der Waals surface area contributed by atoms with Gasteiger partial charge in [0.05, 0.1) is 7.11 Å². The van der Waals surface area contributed by atoms with Crippen LogP contribution in [0.4, 0.5) is 0 Å². The van der Waals surface area contributed by atoms with Crippen LogP contribution in [-0.4, -0.2) is 41.4 Å². The summed E-state index contributed by atoms with van der Waals surface area (Å²) in [5.41, 5.74) is 1.20. The summed E-state index contributed by atoms with van der Waals surface area (Å²) in [6.07, 6.45) is 4.26. The minimum Gasteiger partial charge on any atom is -0.497 e. The van der Waals surface area contributed by atoms with Crippen molar-refractivity contribution in [1.82, 2.24) is 10.6 Å². The molecule has 2 aromatic rings. The molecule has 0 amide bonds. The number of hydrogen-bond donors (Lipinski definition) is 2. The summed E-state index contributed by atoms with van der Waals surface area (Å²) in [6, 6.07) is 12.9. The Hall–Kier alpha value is -2.08. The van der Waals surface area contributed by atoms with Gasteiger partial charge in [-0.2, -0.15) is 0 Å². The third kappa shape index (κ3) is 5.25. The van der Waals surface area contributed by atoms with E-state index in [1.54, 1.807) is 14.2 Å². The van der Waals surface area contributed by atoms with Crippen LogP contribution in [0, 0.1) is 0 Å². The second kappa shape index (κ2) is 9.92. The van der Waals surface area contributed by atoms with Crippen molar-refractivity contribution < 1.29 is 8.95 Å². The molecule has 1 aliphatic carbocycles. The third-order valence-corrected chi connectivity index (χ3v) is 7.16.